The molecule has 0 aromatic carbocycles. The first-order chi connectivity index (χ1) is 6.00. The monoisotopic (exact) mass is 240 g/mol. The van der Waals surface area contributed by atoms with E-state index in [1.165, 1.54) is 6.33 Å². The second-order valence-electron chi connectivity index (χ2n) is 2.46. The smallest absolute Gasteiger partial charge is 0.216 e. The summed E-state index contributed by atoms with van der Waals surface area (Å²) in [4.78, 5) is 7.61. The second-order valence-corrected chi connectivity index (χ2v) is 4.83. The Morgan fingerprint density at radius 2 is 2.15 bits per heavy atom. The van der Waals surface area contributed by atoms with Gasteiger partial charge in [0.15, 0.2) is 0 Å². The maximum atomic E-state index is 9.38. The molecule has 3 nitrogen and oxygen atoms in total. The molecule has 1 rings (SSSR count). The number of aromatic nitrogens is 2. The van der Waals surface area contributed by atoms with Gasteiger partial charge >= 0.3 is 0 Å². The fraction of sp³-hybridized carbons (Fsp3) is 0.429. The minimum atomic E-state index is -1.68. The van der Waals surface area contributed by atoms with Crippen LogP contribution in [-0.4, -0.2) is 25.0 Å². The quantitative estimate of drug-likeness (QED) is 0.803. The third kappa shape index (κ3) is 3.65. The topological polar surface area (TPSA) is 46.0 Å². The van der Waals surface area contributed by atoms with Gasteiger partial charge in [-0.15, -0.1) is 0 Å². The average Bonchev–Trinajstić information content (AvgIpc) is 2.04. The van der Waals surface area contributed by atoms with E-state index in [1.54, 1.807) is 12.3 Å². The molecule has 13 heavy (non-hydrogen) atoms. The van der Waals surface area contributed by atoms with Gasteiger partial charge in [0.05, 0.1) is 0 Å². The lowest BCUT2D eigenvalue weighted by Crippen LogP contribution is -2.27. The molecule has 0 amide bonds. The minimum absolute atomic E-state index is 0.193. The predicted molar refractivity (Wildman–Crippen MR) is 52.0 cm³/mol. The first-order valence-electron chi connectivity index (χ1n) is 3.50. The van der Waals surface area contributed by atoms with Crippen LogP contribution in [-0.2, 0) is 6.42 Å². The molecule has 6 heteroatoms. The van der Waals surface area contributed by atoms with Gasteiger partial charge in [0.2, 0.25) is 3.79 Å². The van der Waals surface area contributed by atoms with Crippen LogP contribution in [0.15, 0.2) is 18.6 Å². The molecule has 0 saturated heterocycles. The molecule has 0 aliphatic rings. The molecule has 0 spiro atoms. The number of aliphatic hydroxyl groups excluding tert-OH is 1. The molecule has 1 N–H and O–H groups in total. The zero-order valence-electron chi connectivity index (χ0n) is 6.49. The highest BCUT2D eigenvalue weighted by Crippen LogP contribution is 2.31. The summed E-state index contributed by atoms with van der Waals surface area (Å²) in [5, 5.41) is 9.38. The molecular formula is C7H7Cl3N2O. The van der Waals surface area contributed by atoms with Crippen LogP contribution in [0.1, 0.15) is 5.69 Å². The maximum Gasteiger partial charge on any atom is 0.216 e. The first-order valence-corrected chi connectivity index (χ1v) is 4.63. The van der Waals surface area contributed by atoms with E-state index in [0.29, 0.717) is 5.69 Å². The summed E-state index contributed by atoms with van der Waals surface area (Å²) >= 11 is 16.4. The van der Waals surface area contributed by atoms with E-state index in [0.717, 1.165) is 0 Å². The Kier molecular flexibility index (Phi) is 3.74. The number of hydrogen-bond donors (Lipinski definition) is 1. The molecule has 0 bridgehead atoms. The molecule has 0 aliphatic heterocycles. The van der Waals surface area contributed by atoms with E-state index in [2.05, 4.69) is 9.97 Å². The van der Waals surface area contributed by atoms with Gasteiger partial charge in [0.25, 0.3) is 0 Å². The second kappa shape index (κ2) is 4.42. The van der Waals surface area contributed by atoms with Crippen molar-refractivity contribution in [2.75, 3.05) is 0 Å². The van der Waals surface area contributed by atoms with Crippen molar-refractivity contribution in [2.24, 2.45) is 0 Å². The van der Waals surface area contributed by atoms with Crippen LogP contribution in [0.3, 0.4) is 0 Å². The SMILES string of the molecule is O[C@H](Cc1ccncn1)C(Cl)(Cl)Cl. The molecule has 1 heterocycles. The van der Waals surface area contributed by atoms with E-state index < -0.39 is 9.90 Å². The number of rotatable bonds is 2. The van der Waals surface area contributed by atoms with Gasteiger partial charge in [-0.25, -0.2) is 9.97 Å². The van der Waals surface area contributed by atoms with Crippen molar-refractivity contribution in [3.8, 4) is 0 Å². The molecule has 72 valence electrons. The van der Waals surface area contributed by atoms with Crippen LogP contribution < -0.4 is 0 Å². The van der Waals surface area contributed by atoms with Crippen molar-refractivity contribution in [3.63, 3.8) is 0 Å². The Hall–Kier alpha value is -0.0900. The summed E-state index contributed by atoms with van der Waals surface area (Å²) in [5.74, 6) is 0. The zero-order valence-corrected chi connectivity index (χ0v) is 8.76. The van der Waals surface area contributed by atoms with Crippen molar-refractivity contribution in [1.82, 2.24) is 9.97 Å². The lowest BCUT2D eigenvalue weighted by molar-refractivity contribution is 0.178. The Morgan fingerprint density at radius 1 is 1.46 bits per heavy atom. The van der Waals surface area contributed by atoms with Crippen molar-refractivity contribution < 1.29 is 5.11 Å². The van der Waals surface area contributed by atoms with Crippen molar-refractivity contribution in [1.29, 1.82) is 0 Å². The van der Waals surface area contributed by atoms with Gasteiger partial charge in [-0.05, 0) is 6.07 Å². The van der Waals surface area contributed by atoms with Gasteiger partial charge in [0.1, 0.15) is 12.4 Å². The number of aliphatic hydroxyl groups is 1. The van der Waals surface area contributed by atoms with E-state index in [4.69, 9.17) is 34.8 Å². The molecule has 0 fully saturated rings. The Labute approximate surface area is 90.7 Å². The maximum absolute atomic E-state index is 9.38. The standard InChI is InChI=1S/C7H7Cl3N2O/c8-7(9,10)6(13)3-5-1-2-11-4-12-5/h1-2,4,6,13H,3H2/t6-/m1/s1. The zero-order chi connectivity index (χ0) is 9.90. The third-order valence-electron chi connectivity index (χ3n) is 1.42. The normalized spacial score (nSPS) is 14.2. The van der Waals surface area contributed by atoms with Crippen LogP contribution in [0.2, 0.25) is 0 Å². The van der Waals surface area contributed by atoms with Crippen LogP contribution in [0.4, 0.5) is 0 Å². The molecule has 1 atom stereocenters. The Morgan fingerprint density at radius 3 is 2.62 bits per heavy atom. The van der Waals surface area contributed by atoms with Crippen molar-refractivity contribution in [2.45, 2.75) is 16.3 Å². The first kappa shape index (κ1) is 11.0. The molecular weight excluding hydrogens is 234 g/mol. The number of nitrogens with zero attached hydrogens (tertiary/aromatic N) is 2. The molecule has 1 aromatic rings. The summed E-state index contributed by atoms with van der Waals surface area (Å²) in [6, 6.07) is 1.65. The Bertz CT molecular complexity index is 262. The summed E-state index contributed by atoms with van der Waals surface area (Å²) in [7, 11) is 0. The van der Waals surface area contributed by atoms with Gasteiger partial charge in [-0.1, -0.05) is 34.8 Å². The highest BCUT2D eigenvalue weighted by atomic mass is 35.6. The largest absolute Gasteiger partial charge is 0.388 e. The lowest BCUT2D eigenvalue weighted by atomic mass is 10.2. The van der Waals surface area contributed by atoms with E-state index in [1.807, 2.05) is 0 Å². The van der Waals surface area contributed by atoms with Gasteiger partial charge < -0.3 is 5.11 Å². The summed E-state index contributed by atoms with van der Waals surface area (Å²) in [5.41, 5.74) is 0.633. The van der Waals surface area contributed by atoms with Gasteiger partial charge in [0, 0.05) is 18.3 Å². The highest BCUT2D eigenvalue weighted by molar-refractivity contribution is 6.68. The van der Waals surface area contributed by atoms with E-state index in [-0.39, 0.29) is 6.42 Å². The van der Waals surface area contributed by atoms with Gasteiger partial charge in [-0.3, -0.25) is 0 Å². The fourth-order valence-corrected chi connectivity index (χ4v) is 0.984. The highest BCUT2D eigenvalue weighted by Gasteiger charge is 2.30. The molecule has 0 saturated carbocycles. The van der Waals surface area contributed by atoms with Gasteiger partial charge in [-0.2, -0.15) is 0 Å². The van der Waals surface area contributed by atoms with Crippen molar-refractivity contribution >= 4 is 34.8 Å². The van der Waals surface area contributed by atoms with Crippen LogP contribution >= 0.6 is 34.8 Å². The predicted octanol–water partition coefficient (Wildman–Crippen LogP) is 1.75. The fourth-order valence-electron chi connectivity index (χ4n) is 0.753. The summed E-state index contributed by atoms with van der Waals surface area (Å²) in [6.07, 6.45) is 2.07. The molecule has 0 aliphatic carbocycles. The van der Waals surface area contributed by atoms with Crippen LogP contribution in [0.25, 0.3) is 0 Å². The Balaban J connectivity index is 2.61. The summed E-state index contributed by atoms with van der Waals surface area (Å²) in [6.45, 7) is 0. The molecule has 0 radical (unpaired) electrons. The lowest BCUT2D eigenvalue weighted by Gasteiger charge is -2.17. The van der Waals surface area contributed by atoms with Crippen LogP contribution in [0, 0.1) is 0 Å². The van der Waals surface area contributed by atoms with E-state index >= 15 is 0 Å². The molecule has 0 unspecified atom stereocenters. The summed E-state index contributed by atoms with van der Waals surface area (Å²) < 4.78 is -1.68. The van der Waals surface area contributed by atoms with Crippen LogP contribution in [0.5, 0.6) is 0 Å². The number of hydrogen-bond acceptors (Lipinski definition) is 3. The third-order valence-corrected chi connectivity index (χ3v) is 2.18. The number of halogens is 3. The van der Waals surface area contributed by atoms with Crippen molar-refractivity contribution in [3.05, 3.63) is 24.3 Å². The number of alkyl halides is 3. The average molecular weight is 242 g/mol. The van der Waals surface area contributed by atoms with E-state index in [9.17, 15) is 5.11 Å². The molecule has 1 aromatic heterocycles. The minimum Gasteiger partial charge on any atom is -0.388 e.